The van der Waals surface area contributed by atoms with Gasteiger partial charge >= 0.3 is 0 Å². The average molecular weight is 236 g/mol. The molecule has 0 aromatic heterocycles. The quantitative estimate of drug-likeness (QED) is 0.592. The van der Waals surface area contributed by atoms with E-state index in [1.807, 2.05) is 0 Å². The Morgan fingerprint density at radius 2 is 1.82 bits per heavy atom. The Morgan fingerprint density at radius 3 is 2.47 bits per heavy atom. The maximum atomic E-state index is 2.62. The number of rotatable bonds is 2. The van der Waals surface area contributed by atoms with E-state index in [-0.39, 0.29) is 0 Å². The molecule has 0 saturated heterocycles. The molecule has 0 amide bonds. The number of hydrogen-bond donors (Lipinski definition) is 0. The molecule has 0 heteroatoms. The summed E-state index contributed by atoms with van der Waals surface area (Å²) in [7, 11) is 0. The van der Waals surface area contributed by atoms with Crippen LogP contribution in [0.15, 0.2) is 0 Å². The summed E-state index contributed by atoms with van der Waals surface area (Å²) < 4.78 is 0. The summed E-state index contributed by atoms with van der Waals surface area (Å²) in [5, 5.41) is 0. The van der Waals surface area contributed by atoms with Crippen LogP contribution in [-0.4, -0.2) is 0 Å². The molecule has 0 spiro atoms. The largest absolute Gasteiger partial charge is 0.0651 e. The van der Waals surface area contributed by atoms with Gasteiger partial charge in [-0.1, -0.05) is 47.5 Å². The lowest BCUT2D eigenvalue weighted by Crippen LogP contribution is -2.46. The molecule has 0 heterocycles. The molecule has 6 atom stereocenters. The van der Waals surface area contributed by atoms with E-state index in [0.29, 0.717) is 5.41 Å². The summed E-state index contributed by atoms with van der Waals surface area (Å²) in [6.45, 7) is 12.5. The van der Waals surface area contributed by atoms with Crippen LogP contribution in [0.25, 0.3) is 0 Å². The maximum absolute atomic E-state index is 2.62. The lowest BCUT2D eigenvalue weighted by atomic mass is 9.50. The van der Waals surface area contributed by atoms with Crippen LogP contribution in [0.1, 0.15) is 73.1 Å². The van der Waals surface area contributed by atoms with Gasteiger partial charge in [0.05, 0.1) is 0 Å². The zero-order chi connectivity index (χ0) is 12.6. The number of hydrogen-bond acceptors (Lipinski definition) is 0. The van der Waals surface area contributed by atoms with Gasteiger partial charge in [-0.25, -0.2) is 0 Å². The van der Waals surface area contributed by atoms with Crippen molar-refractivity contribution in [3.05, 3.63) is 0 Å². The second-order valence-electron chi connectivity index (χ2n) is 7.50. The summed E-state index contributed by atoms with van der Waals surface area (Å²) in [5.41, 5.74) is 0.657. The molecule has 0 aromatic carbocycles. The Labute approximate surface area is 109 Å². The molecule has 0 aromatic rings. The fourth-order valence-electron chi connectivity index (χ4n) is 4.91. The normalized spacial score (nSPS) is 48.5. The van der Waals surface area contributed by atoms with E-state index in [2.05, 4.69) is 34.6 Å². The molecule has 2 aliphatic rings. The standard InChI is InChI=1S/C17H32/c1-6-12(2)15-9-10-16-13(3)7-8-14(4)17(16,5)11-15/h12-16H,6-11H2,1-5H3. The first kappa shape index (κ1) is 13.4. The van der Waals surface area contributed by atoms with Crippen molar-refractivity contribution in [2.24, 2.45) is 35.0 Å². The van der Waals surface area contributed by atoms with Gasteiger partial charge in [0.25, 0.3) is 0 Å². The molecular weight excluding hydrogens is 204 g/mol. The smallest absolute Gasteiger partial charge is 0.0267 e. The molecule has 2 rings (SSSR count). The molecule has 6 unspecified atom stereocenters. The molecule has 2 fully saturated rings. The van der Waals surface area contributed by atoms with Gasteiger partial charge in [-0.05, 0) is 60.7 Å². The van der Waals surface area contributed by atoms with Crippen molar-refractivity contribution < 1.29 is 0 Å². The maximum Gasteiger partial charge on any atom is -0.0267 e. The Balaban J connectivity index is 2.14. The molecule has 0 aliphatic heterocycles. The Kier molecular flexibility index (Phi) is 3.90. The summed E-state index contributed by atoms with van der Waals surface area (Å²) in [5.74, 6) is 4.91. The predicted molar refractivity (Wildman–Crippen MR) is 76.0 cm³/mol. The third-order valence-corrected chi connectivity index (χ3v) is 6.71. The highest BCUT2D eigenvalue weighted by molar-refractivity contribution is 4.98. The van der Waals surface area contributed by atoms with Crippen molar-refractivity contribution in [2.75, 3.05) is 0 Å². The lowest BCUT2D eigenvalue weighted by Gasteiger charge is -2.55. The van der Waals surface area contributed by atoms with Crippen LogP contribution in [0.2, 0.25) is 0 Å². The van der Waals surface area contributed by atoms with E-state index in [0.717, 1.165) is 29.6 Å². The fraction of sp³-hybridized carbons (Fsp3) is 1.00. The molecule has 2 aliphatic carbocycles. The monoisotopic (exact) mass is 236 g/mol. The number of fused-ring (bicyclic) bond motifs is 1. The summed E-state index contributed by atoms with van der Waals surface area (Å²) in [4.78, 5) is 0. The highest BCUT2D eigenvalue weighted by Crippen LogP contribution is 2.57. The van der Waals surface area contributed by atoms with Gasteiger partial charge in [-0.15, -0.1) is 0 Å². The van der Waals surface area contributed by atoms with Gasteiger partial charge in [0.1, 0.15) is 0 Å². The van der Waals surface area contributed by atoms with Gasteiger partial charge in [0.2, 0.25) is 0 Å². The van der Waals surface area contributed by atoms with Crippen molar-refractivity contribution in [3.63, 3.8) is 0 Å². The predicted octanol–water partition coefficient (Wildman–Crippen LogP) is 5.52. The Bertz CT molecular complexity index is 257. The Morgan fingerprint density at radius 1 is 1.12 bits per heavy atom. The molecule has 100 valence electrons. The van der Waals surface area contributed by atoms with Crippen LogP contribution in [0, 0.1) is 35.0 Å². The van der Waals surface area contributed by atoms with Crippen molar-refractivity contribution >= 4 is 0 Å². The molecule has 2 saturated carbocycles. The van der Waals surface area contributed by atoms with Crippen LogP contribution in [-0.2, 0) is 0 Å². The molecule has 0 bridgehead atoms. The molecular formula is C17H32. The molecule has 0 N–H and O–H groups in total. The van der Waals surface area contributed by atoms with Gasteiger partial charge in [0.15, 0.2) is 0 Å². The minimum atomic E-state index is 0.657. The third-order valence-electron chi connectivity index (χ3n) is 6.71. The van der Waals surface area contributed by atoms with Crippen molar-refractivity contribution in [3.8, 4) is 0 Å². The highest BCUT2D eigenvalue weighted by Gasteiger charge is 2.48. The van der Waals surface area contributed by atoms with Gasteiger partial charge in [0, 0.05) is 0 Å². The first-order valence-corrected chi connectivity index (χ1v) is 7.99. The average Bonchev–Trinajstić information content (AvgIpc) is 2.32. The highest BCUT2D eigenvalue weighted by atomic mass is 14.5. The first-order valence-electron chi connectivity index (χ1n) is 7.99. The van der Waals surface area contributed by atoms with Crippen LogP contribution in [0.3, 0.4) is 0 Å². The van der Waals surface area contributed by atoms with Crippen molar-refractivity contribution in [2.45, 2.75) is 73.1 Å². The second kappa shape index (κ2) is 4.94. The van der Waals surface area contributed by atoms with Gasteiger partial charge in [-0.2, -0.15) is 0 Å². The molecule has 0 radical (unpaired) electrons. The van der Waals surface area contributed by atoms with Crippen LogP contribution >= 0.6 is 0 Å². The van der Waals surface area contributed by atoms with Crippen LogP contribution < -0.4 is 0 Å². The SMILES string of the molecule is CCC(C)C1CCC2C(C)CCC(C)C2(C)C1. The van der Waals surface area contributed by atoms with Crippen LogP contribution in [0.4, 0.5) is 0 Å². The first-order chi connectivity index (χ1) is 7.99. The van der Waals surface area contributed by atoms with E-state index in [4.69, 9.17) is 0 Å². The van der Waals surface area contributed by atoms with Gasteiger partial charge < -0.3 is 0 Å². The second-order valence-corrected chi connectivity index (χ2v) is 7.50. The third kappa shape index (κ3) is 2.29. The zero-order valence-corrected chi connectivity index (χ0v) is 12.6. The van der Waals surface area contributed by atoms with Crippen molar-refractivity contribution in [1.29, 1.82) is 0 Å². The Hall–Kier alpha value is 0. The lowest BCUT2D eigenvalue weighted by molar-refractivity contribution is -0.0539. The summed E-state index contributed by atoms with van der Waals surface area (Å²) >= 11 is 0. The summed E-state index contributed by atoms with van der Waals surface area (Å²) in [6.07, 6.45) is 8.85. The zero-order valence-electron chi connectivity index (χ0n) is 12.6. The minimum absolute atomic E-state index is 0.657. The van der Waals surface area contributed by atoms with E-state index in [1.165, 1.54) is 38.5 Å². The fourth-order valence-corrected chi connectivity index (χ4v) is 4.91. The summed E-state index contributed by atoms with van der Waals surface area (Å²) in [6, 6.07) is 0. The molecule has 17 heavy (non-hydrogen) atoms. The van der Waals surface area contributed by atoms with E-state index >= 15 is 0 Å². The molecule has 0 nitrogen and oxygen atoms in total. The van der Waals surface area contributed by atoms with E-state index in [9.17, 15) is 0 Å². The van der Waals surface area contributed by atoms with E-state index in [1.54, 1.807) is 0 Å². The van der Waals surface area contributed by atoms with E-state index < -0.39 is 0 Å². The van der Waals surface area contributed by atoms with Crippen LogP contribution in [0.5, 0.6) is 0 Å². The van der Waals surface area contributed by atoms with Gasteiger partial charge in [-0.3, -0.25) is 0 Å². The topological polar surface area (TPSA) is 0 Å². The minimum Gasteiger partial charge on any atom is -0.0651 e. The van der Waals surface area contributed by atoms with Crippen molar-refractivity contribution in [1.82, 2.24) is 0 Å².